The SMILES string of the molecule is Cc1ccc(-c2ccc(Br)c(C(=O)O)c2)cc1. The molecule has 2 rings (SSSR count). The molecule has 0 aliphatic heterocycles. The highest BCUT2D eigenvalue weighted by Gasteiger charge is 2.09. The predicted octanol–water partition coefficient (Wildman–Crippen LogP) is 4.12. The fourth-order valence-electron chi connectivity index (χ4n) is 1.61. The third-order valence-corrected chi connectivity index (χ3v) is 3.27. The average Bonchev–Trinajstić information content (AvgIpc) is 2.30. The first-order valence-electron chi connectivity index (χ1n) is 5.18. The monoisotopic (exact) mass is 290 g/mol. The standard InChI is InChI=1S/C14H11BrO2/c1-9-2-4-10(5-3-9)11-6-7-13(15)12(8-11)14(16)17/h2-8H,1H3,(H,16,17). The quantitative estimate of drug-likeness (QED) is 0.903. The van der Waals surface area contributed by atoms with Crippen LogP contribution >= 0.6 is 15.9 Å². The van der Waals surface area contributed by atoms with Crippen LogP contribution in [0.2, 0.25) is 0 Å². The molecule has 0 aliphatic rings. The first kappa shape index (κ1) is 11.9. The van der Waals surface area contributed by atoms with Crippen LogP contribution in [0.4, 0.5) is 0 Å². The summed E-state index contributed by atoms with van der Waals surface area (Å²) >= 11 is 3.23. The Morgan fingerprint density at radius 1 is 1.06 bits per heavy atom. The van der Waals surface area contributed by atoms with Crippen molar-refractivity contribution >= 4 is 21.9 Å². The minimum atomic E-state index is -0.925. The number of carboxylic acids is 1. The summed E-state index contributed by atoms with van der Waals surface area (Å²) in [4.78, 5) is 11.0. The van der Waals surface area contributed by atoms with Crippen LogP contribution in [0.25, 0.3) is 11.1 Å². The van der Waals surface area contributed by atoms with Gasteiger partial charge in [-0.05, 0) is 46.1 Å². The van der Waals surface area contributed by atoms with Gasteiger partial charge in [0.1, 0.15) is 0 Å². The Balaban J connectivity index is 2.50. The Labute approximate surface area is 108 Å². The van der Waals surface area contributed by atoms with Crippen molar-refractivity contribution in [1.82, 2.24) is 0 Å². The van der Waals surface area contributed by atoms with Crippen LogP contribution in [-0.2, 0) is 0 Å². The predicted molar refractivity (Wildman–Crippen MR) is 71.3 cm³/mol. The largest absolute Gasteiger partial charge is 0.478 e. The maximum absolute atomic E-state index is 11.0. The van der Waals surface area contributed by atoms with E-state index in [2.05, 4.69) is 15.9 Å². The van der Waals surface area contributed by atoms with Gasteiger partial charge in [0.15, 0.2) is 0 Å². The van der Waals surface area contributed by atoms with Crippen molar-refractivity contribution in [2.75, 3.05) is 0 Å². The molecule has 0 atom stereocenters. The number of carboxylic acid groups (broad SMARTS) is 1. The van der Waals surface area contributed by atoms with Gasteiger partial charge < -0.3 is 5.11 Å². The topological polar surface area (TPSA) is 37.3 Å². The zero-order valence-corrected chi connectivity index (χ0v) is 10.9. The molecule has 3 heteroatoms. The van der Waals surface area contributed by atoms with Crippen LogP contribution in [-0.4, -0.2) is 11.1 Å². The molecule has 0 aliphatic carbocycles. The van der Waals surface area contributed by atoms with Gasteiger partial charge in [-0.15, -0.1) is 0 Å². The molecule has 0 radical (unpaired) electrons. The number of halogens is 1. The van der Waals surface area contributed by atoms with Crippen LogP contribution < -0.4 is 0 Å². The van der Waals surface area contributed by atoms with E-state index in [1.165, 1.54) is 5.56 Å². The minimum absolute atomic E-state index is 0.281. The second kappa shape index (κ2) is 4.72. The van der Waals surface area contributed by atoms with Gasteiger partial charge in [0, 0.05) is 4.47 Å². The molecule has 0 heterocycles. The van der Waals surface area contributed by atoms with Crippen molar-refractivity contribution in [3.05, 3.63) is 58.1 Å². The molecule has 0 spiro atoms. The first-order chi connectivity index (χ1) is 8.08. The smallest absolute Gasteiger partial charge is 0.336 e. The summed E-state index contributed by atoms with van der Waals surface area (Å²) in [5.74, 6) is -0.925. The molecule has 2 aromatic rings. The van der Waals surface area contributed by atoms with Gasteiger partial charge in [-0.3, -0.25) is 0 Å². The molecular weight excluding hydrogens is 280 g/mol. The lowest BCUT2D eigenvalue weighted by Gasteiger charge is -2.05. The fraction of sp³-hybridized carbons (Fsp3) is 0.0714. The van der Waals surface area contributed by atoms with Gasteiger partial charge in [-0.2, -0.15) is 0 Å². The molecule has 0 amide bonds. The van der Waals surface area contributed by atoms with E-state index in [1.54, 1.807) is 12.1 Å². The highest BCUT2D eigenvalue weighted by atomic mass is 79.9. The van der Waals surface area contributed by atoms with E-state index in [4.69, 9.17) is 5.11 Å². The van der Waals surface area contributed by atoms with Crippen LogP contribution in [0.5, 0.6) is 0 Å². The molecule has 2 nitrogen and oxygen atoms in total. The summed E-state index contributed by atoms with van der Waals surface area (Å²) in [5, 5.41) is 9.05. The fourth-order valence-corrected chi connectivity index (χ4v) is 2.03. The van der Waals surface area contributed by atoms with E-state index in [0.717, 1.165) is 11.1 Å². The summed E-state index contributed by atoms with van der Waals surface area (Å²) in [6.07, 6.45) is 0. The normalized spacial score (nSPS) is 10.2. The second-order valence-corrected chi connectivity index (χ2v) is 4.72. The molecule has 0 aromatic heterocycles. The Hall–Kier alpha value is -1.61. The molecule has 0 saturated heterocycles. The van der Waals surface area contributed by atoms with Crippen molar-refractivity contribution < 1.29 is 9.90 Å². The Morgan fingerprint density at radius 2 is 1.65 bits per heavy atom. The van der Waals surface area contributed by atoms with Crippen molar-refractivity contribution in [3.8, 4) is 11.1 Å². The molecule has 0 unspecified atom stereocenters. The van der Waals surface area contributed by atoms with E-state index < -0.39 is 5.97 Å². The van der Waals surface area contributed by atoms with Crippen molar-refractivity contribution in [2.45, 2.75) is 6.92 Å². The molecule has 0 saturated carbocycles. The number of benzene rings is 2. The van der Waals surface area contributed by atoms with Gasteiger partial charge in [-0.25, -0.2) is 4.79 Å². The van der Waals surface area contributed by atoms with Crippen LogP contribution in [0.15, 0.2) is 46.9 Å². The van der Waals surface area contributed by atoms with Gasteiger partial charge >= 0.3 is 5.97 Å². The van der Waals surface area contributed by atoms with Crippen molar-refractivity contribution in [1.29, 1.82) is 0 Å². The third-order valence-electron chi connectivity index (χ3n) is 2.58. The van der Waals surface area contributed by atoms with Gasteiger partial charge in [-0.1, -0.05) is 35.9 Å². The number of hydrogen-bond donors (Lipinski definition) is 1. The maximum Gasteiger partial charge on any atom is 0.336 e. The summed E-state index contributed by atoms with van der Waals surface area (Å²) in [6, 6.07) is 13.3. The Kier molecular flexibility index (Phi) is 3.29. The number of aromatic carboxylic acids is 1. The van der Waals surface area contributed by atoms with E-state index in [9.17, 15) is 4.79 Å². The van der Waals surface area contributed by atoms with E-state index >= 15 is 0 Å². The Bertz CT molecular complexity index is 559. The summed E-state index contributed by atoms with van der Waals surface area (Å²) in [5.41, 5.74) is 3.39. The first-order valence-corrected chi connectivity index (χ1v) is 5.97. The molecule has 0 fully saturated rings. The lowest BCUT2D eigenvalue weighted by atomic mass is 10.0. The van der Waals surface area contributed by atoms with Crippen LogP contribution in [0.1, 0.15) is 15.9 Å². The van der Waals surface area contributed by atoms with E-state index in [1.807, 2.05) is 37.3 Å². The molecular formula is C14H11BrO2. The van der Waals surface area contributed by atoms with Gasteiger partial charge in [0.2, 0.25) is 0 Å². The zero-order valence-electron chi connectivity index (χ0n) is 9.27. The molecule has 2 aromatic carbocycles. The lowest BCUT2D eigenvalue weighted by Crippen LogP contribution is -1.97. The van der Waals surface area contributed by atoms with Crippen LogP contribution in [0, 0.1) is 6.92 Å². The highest BCUT2D eigenvalue weighted by molar-refractivity contribution is 9.10. The number of hydrogen-bond acceptors (Lipinski definition) is 1. The number of aryl methyl sites for hydroxylation is 1. The van der Waals surface area contributed by atoms with Crippen LogP contribution in [0.3, 0.4) is 0 Å². The summed E-state index contributed by atoms with van der Waals surface area (Å²) in [6.45, 7) is 2.02. The van der Waals surface area contributed by atoms with E-state index in [0.29, 0.717) is 4.47 Å². The summed E-state index contributed by atoms with van der Waals surface area (Å²) < 4.78 is 0.598. The third kappa shape index (κ3) is 2.56. The average molecular weight is 291 g/mol. The molecule has 17 heavy (non-hydrogen) atoms. The lowest BCUT2D eigenvalue weighted by molar-refractivity contribution is 0.0696. The van der Waals surface area contributed by atoms with E-state index in [-0.39, 0.29) is 5.56 Å². The Morgan fingerprint density at radius 3 is 2.24 bits per heavy atom. The highest BCUT2D eigenvalue weighted by Crippen LogP contribution is 2.25. The zero-order chi connectivity index (χ0) is 12.4. The maximum atomic E-state index is 11.0. The number of carbonyl (C=O) groups is 1. The summed E-state index contributed by atoms with van der Waals surface area (Å²) in [7, 11) is 0. The number of rotatable bonds is 2. The van der Waals surface area contributed by atoms with Crippen molar-refractivity contribution in [2.24, 2.45) is 0 Å². The van der Waals surface area contributed by atoms with Gasteiger partial charge in [0.25, 0.3) is 0 Å². The second-order valence-electron chi connectivity index (χ2n) is 3.87. The van der Waals surface area contributed by atoms with Gasteiger partial charge in [0.05, 0.1) is 5.56 Å². The van der Waals surface area contributed by atoms with Crippen molar-refractivity contribution in [3.63, 3.8) is 0 Å². The molecule has 86 valence electrons. The molecule has 1 N–H and O–H groups in total. The molecule has 0 bridgehead atoms. The minimum Gasteiger partial charge on any atom is -0.478 e.